The number of hydrogen-bond donors (Lipinski definition) is 1. The number of carbonyl (C=O) groups excluding carboxylic acids is 1. The van der Waals surface area contributed by atoms with E-state index in [0.29, 0.717) is 5.92 Å². The van der Waals surface area contributed by atoms with E-state index >= 15 is 0 Å². The maximum atomic E-state index is 12.1. The van der Waals surface area contributed by atoms with Crippen molar-refractivity contribution in [2.24, 2.45) is 11.8 Å². The minimum atomic E-state index is 0.260. The fraction of sp³-hybridized carbons (Fsp3) is 0.700. The molecule has 0 radical (unpaired) electrons. The second kappa shape index (κ2) is 9.05. The molecule has 2 heterocycles. The minimum Gasteiger partial charge on any atom is -0.370 e. The SMILES string of the molecule is O=C(CCC1CCCCC1)NCC1CCN(c2cccnc2)CC1. The first kappa shape index (κ1) is 17.2. The van der Waals surface area contributed by atoms with Gasteiger partial charge in [0.1, 0.15) is 0 Å². The van der Waals surface area contributed by atoms with Crippen molar-refractivity contribution < 1.29 is 4.79 Å². The summed E-state index contributed by atoms with van der Waals surface area (Å²) in [6.07, 6.45) is 14.6. The monoisotopic (exact) mass is 329 g/mol. The van der Waals surface area contributed by atoms with Gasteiger partial charge < -0.3 is 10.2 Å². The van der Waals surface area contributed by atoms with Gasteiger partial charge >= 0.3 is 0 Å². The molecule has 1 aliphatic carbocycles. The normalized spacial score (nSPS) is 20.1. The Morgan fingerprint density at radius 3 is 2.62 bits per heavy atom. The van der Waals surface area contributed by atoms with Crippen LogP contribution in [0.15, 0.2) is 24.5 Å². The molecule has 3 rings (SSSR count). The lowest BCUT2D eigenvalue weighted by Crippen LogP contribution is -2.38. The molecular weight excluding hydrogens is 298 g/mol. The van der Waals surface area contributed by atoms with Crippen molar-refractivity contribution in [2.45, 2.75) is 57.8 Å². The standard InChI is InChI=1S/C20H31N3O/c24-20(9-8-17-5-2-1-3-6-17)22-15-18-10-13-23(14-11-18)19-7-4-12-21-16-19/h4,7,12,16-18H,1-3,5-6,8-11,13-15H2,(H,22,24). The molecule has 0 spiro atoms. The average Bonchev–Trinajstić information content (AvgIpc) is 2.67. The number of hydrogen-bond acceptors (Lipinski definition) is 3. The molecule has 0 atom stereocenters. The Kier molecular flexibility index (Phi) is 6.50. The van der Waals surface area contributed by atoms with Crippen LogP contribution in [0.1, 0.15) is 57.8 Å². The highest BCUT2D eigenvalue weighted by atomic mass is 16.1. The number of carbonyl (C=O) groups is 1. The lowest BCUT2D eigenvalue weighted by atomic mass is 9.86. The highest BCUT2D eigenvalue weighted by Crippen LogP contribution is 2.27. The van der Waals surface area contributed by atoms with Gasteiger partial charge in [-0.15, -0.1) is 0 Å². The van der Waals surface area contributed by atoms with Gasteiger partial charge in [0, 0.05) is 32.3 Å². The van der Waals surface area contributed by atoms with Gasteiger partial charge in [-0.1, -0.05) is 32.1 Å². The lowest BCUT2D eigenvalue weighted by molar-refractivity contribution is -0.121. The van der Waals surface area contributed by atoms with Crippen molar-refractivity contribution in [3.05, 3.63) is 24.5 Å². The Labute approximate surface area is 146 Å². The highest BCUT2D eigenvalue weighted by molar-refractivity contribution is 5.75. The summed E-state index contributed by atoms with van der Waals surface area (Å²) in [5.41, 5.74) is 1.22. The number of nitrogens with one attached hydrogen (secondary N) is 1. The Balaban J connectivity index is 1.31. The molecule has 1 aliphatic heterocycles. The topological polar surface area (TPSA) is 45.2 Å². The molecule has 24 heavy (non-hydrogen) atoms. The molecule has 1 amide bonds. The predicted molar refractivity (Wildman–Crippen MR) is 98.0 cm³/mol. The van der Waals surface area contributed by atoms with Gasteiger partial charge in [0.25, 0.3) is 0 Å². The first-order chi connectivity index (χ1) is 11.8. The third-order valence-corrected chi connectivity index (χ3v) is 5.72. The van der Waals surface area contributed by atoms with E-state index in [1.807, 2.05) is 18.5 Å². The summed E-state index contributed by atoms with van der Waals surface area (Å²) in [5.74, 6) is 1.68. The van der Waals surface area contributed by atoms with Crippen LogP contribution in [-0.4, -0.2) is 30.5 Å². The number of aromatic nitrogens is 1. The number of piperidine rings is 1. The van der Waals surface area contributed by atoms with Crippen molar-refractivity contribution in [2.75, 3.05) is 24.5 Å². The summed E-state index contributed by atoms with van der Waals surface area (Å²) >= 11 is 0. The second-order valence-corrected chi connectivity index (χ2v) is 7.49. The number of anilines is 1. The second-order valence-electron chi connectivity index (χ2n) is 7.49. The van der Waals surface area contributed by atoms with Crippen LogP contribution in [0.2, 0.25) is 0 Å². The summed E-state index contributed by atoms with van der Waals surface area (Å²) in [4.78, 5) is 18.7. The van der Waals surface area contributed by atoms with Crippen molar-refractivity contribution >= 4 is 11.6 Å². The lowest BCUT2D eigenvalue weighted by Gasteiger charge is -2.33. The first-order valence-electron chi connectivity index (χ1n) is 9.73. The molecule has 1 N–H and O–H groups in total. The van der Waals surface area contributed by atoms with E-state index in [1.165, 1.54) is 37.8 Å². The zero-order valence-corrected chi connectivity index (χ0v) is 14.8. The smallest absolute Gasteiger partial charge is 0.220 e. The molecule has 2 fully saturated rings. The molecule has 1 saturated heterocycles. The van der Waals surface area contributed by atoms with Gasteiger partial charge in [-0.2, -0.15) is 0 Å². The fourth-order valence-electron chi connectivity index (χ4n) is 4.09. The fourth-order valence-corrected chi connectivity index (χ4v) is 4.09. The summed E-state index contributed by atoms with van der Waals surface area (Å²) in [7, 11) is 0. The van der Waals surface area contributed by atoms with E-state index in [1.54, 1.807) is 0 Å². The molecule has 1 aromatic rings. The van der Waals surface area contributed by atoms with Crippen molar-refractivity contribution in [3.63, 3.8) is 0 Å². The maximum Gasteiger partial charge on any atom is 0.220 e. The van der Waals surface area contributed by atoms with E-state index in [2.05, 4.69) is 21.3 Å². The van der Waals surface area contributed by atoms with Crippen molar-refractivity contribution in [3.8, 4) is 0 Å². The van der Waals surface area contributed by atoms with E-state index in [9.17, 15) is 4.79 Å². The summed E-state index contributed by atoms with van der Waals surface area (Å²) in [5, 5.41) is 3.18. The molecule has 0 unspecified atom stereocenters. The molecule has 132 valence electrons. The van der Waals surface area contributed by atoms with E-state index in [-0.39, 0.29) is 5.91 Å². The van der Waals surface area contributed by atoms with Crippen LogP contribution in [0, 0.1) is 11.8 Å². The largest absolute Gasteiger partial charge is 0.370 e. The molecular formula is C20H31N3O. The van der Waals surface area contributed by atoms with E-state index in [0.717, 1.165) is 51.2 Å². The molecule has 0 bridgehead atoms. The van der Waals surface area contributed by atoms with Gasteiger partial charge in [-0.05, 0) is 43.2 Å². The van der Waals surface area contributed by atoms with Crippen LogP contribution < -0.4 is 10.2 Å². The number of rotatable bonds is 6. The van der Waals surface area contributed by atoms with Crippen LogP contribution in [0.5, 0.6) is 0 Å². The molecule has 4 nitrogen and oxygen atoms in total. The minimum absolute atomic E-state index is 0.260. The number of amides is 1. The Bertz CT molecular complexity index is 491. The average molecular weight is 329 g/mol. The van der Waals surface area contributed by atoms with Crippen molar-refractivity contribution in [1.82, 2.24) is 10.3 Å². The molecule has 2 aliphatic rings. The summed E-state index contributed by atoms with van der Waals surface area (Å²) in [6, 6.07) is 4.12. The van der Waals surface area contributed by atoms with Gasteiger partial charge in [0.05, 0.1) is 11.9 Å². The Morgan fingerprint density at radius 2 is 1.92 bits per heavy atom. The number of pyridine rings is 1. The van der Waals surface area contributed by atoms with Crippen molar-refractivity contribution in [1.29, 1.82) is 0 Å². The Hall–Kier alpha value is -1.58. The molecule has 4 heteroatoms. The predicted octanol–water partition coefficient (Wildman–Crippen LogP) is 3.77. The number of nitrogens with zero attached hydrogens (tertiary/aromatic N) is 2. The third kappa shape index (κ3) is 5.22. The van der Waals surface area contributed by atoms with Crippen LogP contribution in [0.3, 0.4) is 0 Å². The molecule has 0 aromatic carbocycles. The van der Waals surface area contributed by atoms with Gasteiger partial charge in [0.2, 0.25) is 5.91 Å². The van der Waals surface area contributed by atoms with Crippen LogP contribution in [-0.2, 0) is 4.79 Å². The zero-order chi connectivity index (χ0) is 16.6. The van der Waals surface area contributed by atoms with Gasteiger partial charge in [-0.25, -0.2) is 0 Å². The van der Waals surface area contributed by atoms with Gasteiger partial charge in [-0.3, -0.25) is 9.78 Å². The third-order valence-electron chi connectivity index (χ3n) is 5.72. The molecule has 1 aromatic heterocycles. The Morgan fingerprint density at radius 1 is 1.12 bits per heavy atom. The molecule has 1 saturated carbocycles. The summed E-state index contributed by atoms with van der Waals surface area (Å²) in [6.45, 7) is 2.98. The summed E-state index contributed by atoms with van der Waals surface area (Å²) < 4.78 is 0. The van der Waals surface area contributed by atoms with Crippen LogP contribution >= 0.6 is 0 Å². The van der Waals surface area contributed by atoms with E-state index in [4.69, 9.17) is 0 Å². The zero-order valence-electron chi connectivity index (χ0n) is 14.8. The highest BCUT2D eigenvalue weighted by Gasteiger charge is 2.20. The maximum absolute atomic E-state index is 12.1. The quantitative estimate of drug-likeness (QED) is 0.864. The van der Waals surface area contributed by atoms with Crippen LogP contribution in [0.4, 0.5) is 5.69 Å². The van der Waals surface area contributed by atoms with Gasteiger partial charge in [0.15, 0.2) is 0 Å². The van der Waals surface area contributed by atoms with E-state index < -0.39 is 0 Å². The van der Waals surface area contributed by atoms with Crippen LogP contribution in [0.25, 0.3) is 0 Å². The first-order valence-corrected chi connectivity index (χ1v) is 9.73.